The average molecular weight is 212 g/mol. The molecule has 0 amide bonds. The zero-order valence-electron chi connectivity index (χ0n) is 2.05. The van der Waals surface area contributed by atoms with E-state index in [4.69, 9.17) is 10.5 Å². The van der Waals surface area contributed by atoms with E-state index in [0.29, 0.717) is 0 Å². The van der Waals surface area contributed by atoms with Crippen molar-refractivity contribution in [1.82, 2.24) is 0 Å². The molecule has 0 aromatic carbocycles. The Kier molecular flexibility index (Phi) is 79.5. The molecule has 4 heavy (non-hydrogen) atoms. The standard InChI is InChI=1S/H2O2.2Y/c1-2;;/h1-2H;;. The summed E-state index contributed by atoms with van der Waals surface area (Å²) in [7, 11) is 0. The predicted octanol–water partition coefficient (Wildman–Crippen LogP) is 0.0124. The maximum Gasteiger partial charge on any atom is 0 e. The molecule has 0 aromatic rings. The summed E-state index contributed by atoms with van der Waals surface area (Å²) >= 11 is 0. The van der Waals surface area contributed by atoms with Gasteiger partial charge in [0.15, 0.2) is 0 Å². The van der Waals surface area contributed by atoms with Crippen LogP contribution in [0.15, 0.2) is 0 Å². The Labute approximate surface area is 74.7 Å². The fourth-order valence-electron chi connectivity index (χ4n) is 0. The van der Waals surface area contributed by atoms with Crippen molar-refractivity contribution in [2.45, 2.75) is 0 Å². The Morgan fingerprint density at radius 2 is 0.750 bits per heavy atom. The van der Waals surface area contributed by atoms with E-state index >= 15 is 0 Å². The molecule has 20 valence electrons. The van der Waals surface area contributed by atoms with Crippen LogP contribution in [0, 0.1) is 0 Å². The molecule has 0 unspecified atom stereocenters. The molecule has 2 radical (unpaired) electrons. The van der Waals surface area contributed by atoms with Crippen LogP contribution in [0.1, 0.15) is 0 Å². The van der Waals surface area contributed by atoms with Gasteiger partial charge in [-0.05, 0) is 0 Å². The van der Waals surface area contributed by atoms with E-state index in [1.54, 1.807) is 0 Å². The van der Waals surface area contributed by atoms with E-state index in [1.165, 1.54) is 0 Å². The van der Waals surface area contributed by atoms with Crippen molar-refractivity contribution in [2.75, 3.05) is 0 Å². The van der Waals surface area contributed by atoms with Crippen LogP contribution in [0.25, 0.3) is 0 Å². The predicted molar refractivity (Wildman–Crippen MR) is 5.26 cm³/mol. The zero-order chi connectivity index (χ0) is 2.00. The number of hydrogen-bond acceptors (Lipinski definition) is 2. The molecule has 0 fully saturated rings. The third kappa shape index (κ3) is 8.92. The fraction of sp³-hybridized carbons (Fsp3) is 0. The Morgan fingerprint density at radius 1 is 0.750 bits per heavy atom. The first-order valence-electron chi connectivity index (χ1n) is 0.200. The van der Waals surface area contributed by atoms with Gasteiger partial charge < -0.3 is 0 Å². The second kappa shape index (κ2) is 19.3. The van der Waals surface area contributed by atoms with Crippen LogP contribution in [0.5, 0.6) is 0 Å². The Bertz CT molecular complexity index is 4.00. The van der Waals surface area contributed by atoms with Crippen molar-refractivity contribution in [3.05, 3.63) is 0 Å². The van der Waals surface area contributed by atoms with Crippen LogP contribution >= 0.6 is 0 Å². The normalized spacial score (nSPS) is 1.50. The van der Waals surface area contributed by atoms with E-state index in [-0.39, 0.29) is 65.4 Å². The summed E-state index contributed by atoms with van der Waals surface area (Å²) < 4.78 is 0. The van der Waals surface area contributed by atoms with Gasteiger partial charge in [-0.1, -0.05) is 0 Å². The molecule has 0 rings (SSSR count). The van der Waals surface area contributed by atoms with Crippen molar-refractivity contribution >= 4 is 0 Å². The summed E-state index contributed by atoms with van der Waals surface area (Å²) in [6.07, 6.45) is 0. The van der Waals surface area contributed by atoms with Crippen molar-refractivity contribution in [3.63, 3.8) is 0 Å². The summed E-state index contributed by atoms with van der Waals surface area (Å²) in [6.45, 7) is 0. The fourth-order valence-corrected chi connectivity index (χ4v) is 0. The summed E-state index contributed by atoms with van der Waals surface area (Å²) in [6, 6.07) is 0. The number of rotatable bonds is 0. The second-order valence-electron chi connectivity index (χ2n) is 0. The zero-order valence-corrected chi connectivity index (χ0v) is 7.73. The van der Waals surface area contributed by atoms with E-state index < -0.39 is 0 Å². The topological polar surface area (TPSA) is 40.5 Å². The molecule has 0 aliphatic rings. The first-order chi connectivity index (χ1) is 1.00. The van der Waals surface area contributed by atoms with Crippen LogP contribution in [-0.4, -0.2) is 10.5 Å². The maximum atomic E-state index is 6.00. The Balaban J connectivity index is -0.00000000500. The van der Waals surface area contributed by atoms with Gasteiger partial charge in [0, 0.05) is 65.4 Å². The van der Waals surface area contributed by atoms with Gasteiger partial charge in [0.05, 0.1) is 0 Å². The van der Waals surface area contributed by atoms with Gasteiger partial charge in [0.25, 0.3) is 0 Å². The van der Waals surface area contributed by atoms with E-state index in [0.717, 1.165) is 0 Å². The molecule has 0 spiro atoms. The molecule has 2 N–H and O–H groups in total. The molecule has 0 saturated carbocycles. The molecule has 0 bridgehead atoms. The van der Waals surface area contributed by atoms with Gasteiger partial charge in [-0.25, -0.2) is 0 Å². The maximum absolute atomic E-state index is 6.00. The van der Waals surface area contributed by atoms with E-state index in [9.17, 15) is 0 Å². The molecule has 0 atom stereocenters. The van der Waals surface area contributed by atoms with Crippen molar-refractivity contribution < 1.29 is 75.9 Å². The van der Waals surface area contributed by atoms with Gasteiger partial charge in [0.1, 0.15) is 0 Å². The molecule has 0 heterocycles. The molecule has 0 aliphatic heterocycles. The summed E-state index contributed by atoms with van der Waals surface area (Å²) in [5.74, 6) is 0. The van der Waals surface area contributed by atoms with Crippen LogP contribution in [0.4, 0.5) is 0 Å². The second-order valence-corrected chi connectivity index (χ2v) is 0. The van der Waals surface area contributed by atoms with Crippen molar-refractivity contribution in [2.24, 2.45) is 0 Å². The molecule has 2 nitrogen and oxygen atoms in total. The van der Waals surface area contributed by atoms with Crippen LogP contribution in [0.3, 0.4) is 0 Å². The van der Waals surface area contributed by atoms with Gasteiger partial charge in [-0.2, -0.15) is 0 Å². The molecule has 0 aromatic heterocycles. The van der Waals surface area contributed by atoms with Gasteiger partial charge in [-0.3, -0.25) is 10.5 Å². The van der Waals surface area contributed by atoms with E-state index in [1.807, 2.05) is 0 Å². The summed E-state index contributed by atoms with van der Waals surface area (Å²) in [4.78, 5) is 0. The van der Waals surface area contributed by atoms with Gasteiger partial charge >= 0.3 is 0 Å². The van der Waals surface area contributed by atoms with Gasteiger partial charge in [-0.15, -0.1) is 0 Å². The molecule has 4 heteroatoms. The average Bonchev–Trinajstić information content (AvgIpc) is 1.00. The minimum absolute atomic E-state index is 0. The van der Waals surface area contributed by atoms with Crippen LogP contribution in [0.2, 0.25) is 0 Å². The quantitative estimate of drug-likeness (QED) is 0.438. The smallest absolute Gasteiger partial charge is 0 e. The molecular formula is H2O2Y2. The van der Waals surface area contributed by atoms with Crippen molar-refractivity contribution in [3.8, 4) is 0 Å². The van der Waals surface area contributed by atoms with Gasteiger partial charge in [0.2, 0.25) is 0 Å². The summed E-state index contributed by atoms with van der Waals surface area (Å²) in [5.41, 5.74) is 0. The third-order valence-corrected chi connectivity index (χ3v) is 0. The summed E-state index contributed by atoms with van der Waals surface area (Å²) in [5, 5.41) is 12.0. The third-order valence-electron chi connectivity index (χ3n) is 0. The molecule has 0 saturated heterocycles. The SMILES string of the molecule is OO.[Y].[Y]. The van der Waals surface area contributed by atoms with Crippen LogP contribution in [-0.2, 0) is 65.4 Å². The van der Waals surface area contributed by atoms with Crippen LogP contribution < -0.4 is 0 Å². The molecular weight excluding hydrogens is 210 g/mol. The minimum Gasteiger partial charge on any atom is -0.255 e. The largest absolute Gasteiger partial charge is 0.255 e. The van der Waals surface area contributed by atoms with E-state index in [2.05, 4.69) is 0 Å². The number of hydrogen-bond donors (Lipinski definition) is 2. The monoisotopic (exact) mass is 212 g/mol. The first-order valence-corrected chi connectivity index (χ1v) is 0.200. The minimum atomic E-state index is 0. The molecule has 0 aliphatic carbocycles. The Hall–Kier alpha value is 2.13. The first kappa shape index (κ1) is 16.5. The van der Waals surface area contributed by atoms with Crippen molar-refractivity contribution in [1.29, 1.82) is 0 Å². The Morgan fingerprint density at radius 3 is 0.750 bits per heavy atom.